The van der Waals surface area contributed by atoms with E-state index < -0.39 is 16.1 Å². The maximum atomic E-state index is 12.7. The number of aromatic nitrogens is 2. The fraction of sp³-hybridized carbons (Fsp3) is 0.120. The first-order valence-electron chi connectivity index (χ1n) is 10.6. The van der Waals surface area contributed by atoms with Crippen molar-refractivity contribution in [2.75, 3.05) is 5.32 Å². The minimum atomic E-state index is -3.91. The summed E-state index contributed by atoms with van der Waals surface area (Å²) in [5, 5.41) is 13.4. The highest BCUT2D eigenvalue weighted by atomic mass is 35.5. The lowest BCUT2D eigenvalue weighted by Crippen LogP contribution is -2.24. The van der Waals surface area contributed by atoms with Gasteiger partial charge in [0.15, 0.2) is 0 Å². The zero-order chi connectivity index (χ0) is 25.0. The molecule has 0 aliphatic carbocycles. The fourth-order valence-corrected chi connectivity index (χ4v) is 5.72. The molecule has 0 amide bonds. The molecule has 0 aliphatic heterocycles. The van der Waals surface area contributed by atoms with Crippen molar-refractivity contribution < 1.29 is 13.5 Å². The summed E-state index contributed by atoms with van der Waals surface area (Å²) in [6, 6.07) is 21.1. The van der Waals surface area contributed by atoms with Crippen molar-refractivity contribution in [1.29, 1.82) is 0 Å². The van der Waals surface area contributed by atoms with Crippen molar-refractivity contribution in [3.05, 3.63) is 100 Å². The largest absolute Gasteiger partial charge is 0.389 e. The van der Waals surface area contributed by atoms with Gasteiger partial charge in [0.1, 0.15) is 17.0 Å². The Balaban J connectivity index is 1.51. The van der Waals surface area contributed by atoms with Crippen LogP contribution in [0.5, 0.6) is 0 Å². The van der Waals surface area contributed by atoms with Gasteiger partial charge in [-0.15, -0.1) is 0 Å². The second kappa shape index (κ2) is 10.7. The Kier molecular flexibility index (Phi) is 7.69. The van der Waals surface area contributed by atoms with E-state index in [1.165, 1.54) is 18.5 Å². The molecule has 0 bridgehead atoms. The quantitative estimate of drug-likeness (QED) is 0.270. The minimum absolute atomic E-state index is 0.0379. The standard InChI is InChI=1S/C25H22Cl2N4O3S/c1-16(32)19-8-2-3-9-20(19)23-13-24(29-15-28-23)31-18-7-4-6-17(12-18)14-30-35(33,34)25-21(26)10-5-11-22(25)27/h2-13,15-16,30,32H,14H2,1H3,(H,28,29,31). The van der Waals surface area contributed by atoms with Gasteiger partial charge in [-0.05, 0) is 42.3 Å². The second-order valence-corrected chi connectivity index (χ2v) is 10.3. The molecule has 4 rings (SSSR count). The topological polar surface area (TPSA) is 104 Å². The van der Waals surface area contributed by atoms with Crippen LogP contribution in [-0.2, 0) is 16.6 Å². The molecule has 1 heterocycles. The predicted molar refractivity (Wildman–Crippen MR) is 138 cm³/mol. The molecule has 4 aromatic rings. The van der Waals surface area contributed by atoms with E-state index in [4.69, 9.17) is 23.2 Å². The van der Waals surface area contributed by atoms with Gasteiger partial charge in [0.2, 0.25) is 10.0 Å². The number of hydrogen-bond donors (Lipinski definition) is 3. The fourth-order valence-electron chi connectivity index (χ4n) is 3.56. The Morgan fingerprint density at radius 2 is 1.66 bits per heavy atom. The Hall–Kier alpha value is -3.01. The number of sulfonamides is 1. The van der Waals surface area contributed by atoms with Gasteiger partial charge >= 0.3 is 0 Å². The van der Waals surface area contributed by atoms with Gasteiger partial charge in [-0.25, -0.2) is 23.1 Å². The monoisotopic (exact) mass is 528 g/mol. The second-order valence-electron chi connectivity index (χ2n) is 7.75. The van der Waals surface area contributed by atoms with Crippen LogP contribution in [-0.4, -0.2) is 23.5 Å². The van der Waals surface area contributed by atoms with E-state index in [0.717, 1.165) is 16.7 Å². The lowest BCUT2D eigenvalue weighted by molar-refractivity contribution is 0.200. The van der Waals surface area contributed by atoms with E-state index in [2.05, 4.69) is 20.0 Å². The highest BCUT2D eigenvalue weighted by Crippen LogP contribution is 2.30. The van der Waals surface area contributed by atoms with Gasteiger partial charge in [-0.2, -0.15) is 0 Å². The van der Waals surface area contributed by atoms with Crippen LogP contribution in [0.15, 0.2) is 84.0 Å². The number of hydrogen-bond acceptors (Lipinski definition) is 6. The number of rotatable bonds is 8. The summed E-state index contributed by atoms with van der Waals surface area (Å²) in [6.07, 6.45) is 0.806. The van der Waals surface area contributed by atoms with Crippen LogP contribution in [0.3, 0.4) is 0 Å². The summed E-state index contributed by atoms with van der Waals surface area (Å²) < 4.78 is 28.0. The van der Waals surface area contributed by atoms with Crippen molar-refractivity contribution in [1.82, 2.24) is 14.7 Å². The summed E-state index contributed by atoms with van der Waals surface area (Å²) >= 11 is 12.1. The van der Waals surface area contributed by atoms with Crippen LogP contribution in [0.25, 0.3) is 11.3 Å². The molecule has 0 saturated heterocycles. The van der Waals surface area contributed by atoms with Crippen molar-refractivity contribution >= 4 is 44.7 Å². The van der Waals surface area contributed by atoms with Crippen LogP contribution < -0.4 is 10.0 Å². The molecule has 10 heteroatoms. The third-order valence-corrected chi connectivity index (χ3v) is 7.56. The molecule has 0 radical (unpaired) electrons. The third-order valence-electron chi connectivity index (χ3n) is 5.21. The summed E-state index contributed by atoms with van der Waals surface area (Å²) in [5.74, 6) is 0.552. The summed E-state index contributed by atoms with van der Waals surface area (Å²) in [5.41, 5.74) is 3.68. The third kappa shape index (κ3) is 5.98. The van der Waals surface area contributed by atoms with Gasteiger partial charge in [-0.3, -0.25) is 0 Å². The first-order valence-corrected chi connectivity index (χ1v) is 12.9. The number of anilines is 2. The molecule has 0 fully saturated rings. The maximum absolute atomic E-state index is 12.7. The van der Waals surface area contributed by atoms with E-state index in [-0.39, 0.29) is 21.5 Å². The molecular formula is C25H22Cl2N4O3S. The van der Waals surface area contributed by atoms with E-state index in [1.807, 2.05) is 36.4 Å². The molecule has 0 saturated carbocycles. The molecule has 1 atom stereocenters. The Morgan fingerprint density at radius 3 is 2.40 bits per heavy atom. The number of halogens is 2. The van der Waals surface area contributed by atoms with Gasteiger partial charge in [-0.1, -0.05) is 65.7 Å². The molecule has 0 spiro atoms. The van der Waals surface area contributed by atoms with Crippen LogP contribution >= 0.6 is 23.2 Å². The van der Waals surface area contributed by atoms with Crippen LogP contribution in [0.2, 0.25) is 10.0 Å². The van der Waals surface area contributed by atoms with Crippen LogP contribution in [0.1, 0.15) is 24.2 Å². The summed E-state index contributed by atoms with van der Waals surface area (Å²) in [4.78, 5) is 8.48. The lowest BCUT2D eigenvalue weighted by Gasteiger charge is -2.13. The average molecular weight is 529 g/mol. The first-order chi connectivity index (χ1) is 16.7. The molecule has 3 N–H and O–H groups in total. The Labute approximate surface area is 213 Å². The SMILES string of the molecule is CC(O)c1ccccc1-c1cc(Nc2cccc(CNS(=O)(=O)c3c(Cl)cccc3Cl)c2)ncn1. The normalized spacial score (nSPS) is 12.3. The molecular weight excluding hydrogens is 507 g/mol. The molecule has 180 valence electrons. The predicted octanol–water partition coefficient (Wildman–Crippen LogP) is 5.73. The first kappa shape index (κ1) is 25.1. The lowest BCUT2D eigenvalue weighted by atomic mass is 10.0. The van der Waals surface area contributed by atoms with Gasteiger partial charge < -0.3 is 10.4 Å². The van der Waals surface area contributed by atoms with Crippen LogP contribution in [0, 0.1) is 0 Å². The van der Waals surface area contributed by atoms with Gasteiger partial charge in [0, 0.05) is 23.9 Å². The van der Waals surface area contributed by atoms with Gasteiger partial charge in [0.05, 0.1) is 21.8 Å². The van der Waals surface area contributed by atoms with Crippen molar-refractivity contribution in [2.45, 2.75) is 24.5 Å². The van der Waals surface area contributed by atoms with E-state index in [1.54, 1.807) is 31.2 Å². The van der Waals surface area contributed by atoms with Crippen LogP contribution in [0.4, 0.5) is 11.5 Å². The van der Waals surface area contributed by atoms with Gasteiger partial charge in [0.25, 0.3) is 0 Å². The Bertz CT molecular complexity index is 1440. The maximum Gasteiger partial charge on any atom is 0.243 e. The number of nitrogens with zero attached hydrogens (tertiary/aromatic N) is 2. The van der Waals surface area contributed by atoms with Crippen molar-refractivity contribution in [2.24, 2.45) is 0 Å². The zero-order valence-electron chi connectivity index (χ0n) is 18.6. The van der Waals surface area contributed by atoms with Crippen molar-refractivity contribution in [3.63, 3.8) is 0 Å². The molecule has 0 aliphatic rings. The highest BCUT2D eigenvalue weighted by molar-refractivity contribution is 7.89. The number of nitrogens with one attached hydrogen (secondary N) is 2. The molecule has 1 aromatic heterocycles. The number of benzene rings is 3. The van der Waals surface area contributed by atoms with E-state index >= 15 is 0 Å². The average Bonchev–Trinajstić information content (AvgIpc) is 2.83. The van der Waals surface area contributed by atoms with E-state index in [0.29, 0.717) is 17.2 Å². The molecule has 1 unspecified atom stereocenters. The molecule has 7 nitrogen and oxygen atoms in total. The number of aliphatic hydroxyl groups is 1. The smallest absolute Gasteiger partial charge is 0.243 e. The molecule has 3 aromatic carbocycles. The Morgan fingerprint density at radius 1 is 0.943 bits per heavy atom. The highest BCUT2D eigenvalue weighted by Gasteiger charge is 2.21. The minimum Gasteiger partial charge on any atom is -0.389 e. The zero-order valence-corrected chi connectivity index (χ0v) is 20.9. The summed E-state index contributed by atoms with van der Waals surface area (Å²) in [6.45, 7) is 1.74. The van der Waals surface area contributed by atoms with E-state index in [9.17, 15) is 13.5 Å². The number of aliphatic hydroxyl groups excluding tert-OH is 1. The van der Waals surface area contributed by atoms with Crippen molar-refractivity contribution in [3.8, 4) is 11.3 Å². The summed E-state index contributed by atoms with van der Waals surface area (Å²) in [7, 11) is -3.91. The molecule has 35 heavy (non-hydrogen) atoms.